The summed E-state index contributed by atoms with van der Waals surface area (Å²) in [7, 11) is 0. The number of benzene rings is 2. The van der Waals surface area contributed by atoms with Crippen LogP contribution in [0.15, 0.2) is 72.9 Å². The van der Waals surface area contributed by atoms with E-state index >= 15 is 0 Å². The van der Waals surface area contributed by atoms with Crippen LogP contribution in [0.3, 0.4) is 0 Å². The minimum Gasteiger partial charge on any atom is -0.364 e. The minimum absolute atomic E-state index is 0. The molecule has 140 valence electrons. The van der Waals surface area contributed by atoms with Gasteiger partial charge in [-0.25, -0.2) is 4.98 Å². The molecule has 0 aliphatic heterocycles. The SMILES string of the molecule is Cl.NCc1ccc(-c2nc3ccnc(C(N)=O)c3cc2-c2ccccc2)cc1. The second-order valence-corrected chi connectivity index (χ2v) is 6.24. The van der Waals surface area contributed by atoms with Crippen molar-refractivity contribution in [2.45, 2.75) is 6.54 Å². The van der Waals surface area contributed by atoms with Crippen molar-refractivity contribution in [3.63, 3.8) is 0 Å². The first kappa shape index (κ1) is 19.5. The Balaban J connectivity index is 0.00000225. The summed E-state index contributed by atoms with van der Waals surface area (Å²) in [5.41, 5.74) is 16.9. The van der Waals surface area contributed by atoms with Crippen LogP contribution in [-0.2, 0) is 6.54 Å². The van der Waals surface area contributed by atoms with Gasteiger partial charge in [0.15, 0.2) is 0 Å². The molecule has 0 radical (unpaired) electrons. The lowest BCUT2D eigenvalue weighted by atomic mass is 9.96. The van der Waals surface area contributed by atoms with Crippen molar-refractivity contribution < 1.29 is 4.79 Å². The summed E-state index contributed by atoms with van der Waals surface area (Å²) in [4.78, 5) is 20.8. The maximum atomic E-state index is 11.8. The van der Waals surface area contributed by atoms with Gasteiger partial charge in [-0.2, -0.15) is 0 Å². The van der Waals surface area contributed by atoms with Gasteiger partial charge in [-0.15, -0.1) is 12.4 Å². The Morgan fingerprint density at radius 3 is 2.29 bits per heavy atom. The number of carbonyl (C=O) groups is 1. The quantitative estimate of drug-likeness (QED) is 0.551. The molecule has 28 heavy (non-hydrogen) atoms. The van der Waals surface area contributed by atoms with E-state index in [-0.39, 0.29) is 18.1 Å². The maximum absolute atomic E-state index is 11.8. The zero-order valence-electron chi connectivity index (χ0n) is 15.0. The zero-order valence-corrected chi connectivity index (χ0v) is 15.8. The molecule has 0 saturated carbocycles. The smallest absolute Gasteiger partial charge is 0.268 e. The van der Waals surface area contributed by atoms with E-state index in [1.807, 2.05) is 60.7 Å². The summed E-state index contributed by atoms with van der Waals surface area (Å²) in [6.45, 7) is 0.491. The Hall–Kier alpha value is -3.28. The highest BCUT2D eigenvalue weighted by Gasteiger charge is 2.15. The van der Waals surface area contributed by atoms with E-state index in [0.717, 1.165) is 27.9 Å². The molecule has 0 bridgehead atoms. The number of rotatable bonds is 4. The zero-order chi connectivity index (χ0) is 18.8. The third kappa shape index (κ3) is 3.58. The predicted octanol–water partition coefficient (Wildman–Crippen LogP) is 3.94. The molecule has 0 spiro atoms. The molecule has 0 unspecified atom stereocenters. The van der Waals surface area contributed by atoms with Gasteiger partial charge >= 0.3 is 0 Å². The molecule has 0 saturated heterocycles. The molecule has 4 aromatic rings. The molecule has 0 aliphatic rings. The highest BCUT2D eigenvalue weighted by molar-refractivity contribution is 6.05. The van der Waals surface area contributed by atoms with Crippen LogP contribution in [0.25, 0.3) is 33.3 Å². The molecule has 0 aliphatic carbocycles. The second kappa shape index (κ2) is 8.17. The first-order chi connectivity index (χ1) is 13.2. The standard InChI is InChI=1S/C22H18N4O.ClH/c23-13-14-6-8-16(9-7-14)20-17(15-4-2-1-3-5-15)12-18-19(26-20)10-11-25-21(18)22(24)27;/h1-12H,13,23H2,(H2,24,27);1H. The van der Waals surface area contributed by atoms with E-state index in [4.69, 9.17) is 16.5 Å². The number of aromatic nitrogens is 2. The third-order valence-corrected chi connectivity index (χ3v) is 4.52. The second-order valence-electron chi connectivity index (χ2n) is 6.24. The van der Waals surface area contributed by atoms with Crippen molar-refractivity contribution in [2.24, 2.45) is 11.5 Å². The minimum atomic E-state index is -0.568. The number of fused-ring (bicyclic) bond motifs is 1. The van der Waals surface area contributed by atoms with Gasteiger partial charge in [0, 0.05) is 29.3 Å². The van der Waals surface area contributed by atoms with Crippen LogP contribution in [0.1, 0.15) is 16.1 Å². The summed E-state index contributed by atoms with van der Waals surface area (Å²) < 4.78 is 0. The monoisotopic (exact) mass is 390 g/mol. The van der Waals surface area contributed by atoms with Crippen LogP contribution in [0.2, 0.25) is 0 Å². The molecule has 0 fully saturated rings. The molecule has 2 heterocycles. The van der Waals surface area contributed by atoms with Crippen molar-refractivity contribution in [2.75, 3.05) is 0 Å². The van der Waals surface area contributed by atoms with E-state index in [9.17, 15) is 4.79 Å². The molecule has 4 rings (SSSR count). The van der Waals surface area contributed by atoms with Gasteiger partial charge in [0.1, 0.15) is 5.69 Å². The normalized spacial score (nSPS) is 10.5. The summed E-state index contributed by atoms with van der Waals surface area (Å²) >= 11 is 0. The third-order valence-electron chi connectivity index (χ3n) is 4.52. The molecular formula is C22H19ClN4O. The first-order valence-electron chi connectivity index (χ1n) is 8.62. The lowest BCUT2D eigenvalue weighted by Gasteiger charge is -2.13. The predicted molar refractivity (Wildman–Crippen MR) is 114 cm³/mol. The van der Waals surface area contributed by atoms with Gasteiger partial charge in [0.2, 0.25) is 0 Å². The average molecular weight is 391 g/mol. The molecular weight excluding hydrogens is 372 g/mol. The van der Waals surface area contributed by atoms with Gasteiger partial charge in [-0.1, -0.05) is 54.6 Å². The summed E-state index contributed by atoms with van der Waals surface area (Å²) in [5.74, 6) is -0.568. The van der Waals surface area contributed by atoms with Gasteiger partial charge in [0.05, 0.1) is 11.2 Å². The van der Waals surface area contributed by atoms with E-state index in [2.05, 4.69) is 4.98 Å². The molecule has 2 aromatic carbocycles. The van der Waals surface area contributed by atoms with Crippen LogP contribution in [0.5, 0.6) is 0 Å². The number of amides is 1. The fourth-order valence-corrected chi connectivity index (χ4v) is 3.15. The fourth-order valence-electron chi connectivity index (χ4n) is 3.15. The number of hydrogen-bond donors (Lipinski definition) is 2. The van der Waals surface area contributed by atoms with Crippen molar-refractivity contribution in [3.8, 4) is 22.4 Å². The van der Waals surface area contributed by atoms with E-state index < -0.39 is 5.91 Å². The number of pyridine rings is 2. The lowest BCUT2D eigenvalue weighted by Crippen LogP contribution is -2.13. The topological polar surface area (TPSA) is 94.9 Å². The van der Waals surface area contributed by atoms with Gasteiger partial charge in [-0.3, -0.25) is 9.78 Å². The molecule has 1 amide bonds. The van der Waals surface area contributed by atoms with Crippen molar-refractivity contribution in [3.05, 3.63) is 84.2 Å². The number of primary amides is 1. The van der Waals surface area contributed by atoms with E-state index in [1.54, 1.807) is 12.3 Å². The Morgan fingerprint density at radius 1 is 0.929 bits per heavy atom. The summed E-state index contributed by atoms with van der Waals surface area (Å²) in [5, 5.41) is 0.645. The van der Waals surface area contributed by atoms with Crippen LogP contribution in [0.4, 0.5) is 0 Å². The largest absolute Gasteiger partial charge is 0.364 e. The van der Waals surface area contributed by atoms with Crippen LogP contribution >= 0.6 is 12.4 Å². The molecule has 2 aromatic heterocycles. The highest BCUT2D eigenvalue weighted by atomic mass is 35.5. The Labute approximate surface area is 168 Å². The van der Waals surface area contributed by atoms with E-state index in [1.165, 1.54) is 0 Å². The first-order valence-corrected chi connectivity index (χ1v) is 8.62. The number of halogens is 1. The lowest BCUT2D eigenvalue weighted by molar-refractivity contribution is 0.0997. The number of nitrogens with two attached hydrogens (primary N) is 2. The summed E-state index contributed by atoms with van der Waals surface area (Å²) in [6, 6.07) is 21.7. The van der Waals surface area contributed by atoms with Gasteiger partial charge in [0.25, 0.3) is 5.91 Å². The Bertz CT molecular complexity index is 1130. The maximum Gasteiger partial charge on any atom is 0.268 e. The number of carbonyl (C=O) groups excluding carboxylic acids is 1. The van der Waals surface area contributed by atoms with Crippen molar-refractivity contribution >= 4 is 29.2 Å². The molecule has 4 N–H and O–H groups in total. The number of nitrogens with zero attached hydrogens (tertiary/aromatic N) is 2. The van der Waals surface area contributed by atoms with Crippen molar-refractivity contribution in [1.29, 1.82) is 0 Å². The van der Waals surface area contributed by atoms with Crippen LogP contribution in [0, 0.1) is 0 Å². The van der Waals surface area contributed by atoms with Crippen LogP contribution < -0.4 is 11.5 Å². The average Bonchev–Trinajstić information content (AvgIpc) is 2.73. The summed E-state index contributed by atoms with van der Waals surface area (Å²) in [6.07, 6.45) is 1.55. The molecule has 6 heteroatoms. The Kier molecular flexibility index (Phi) is 5.68. The van der Waals surface area contributed by atoms with Crippen molar-refractivity contribution in [1.82, 2.24) is 9.97 Å². The number of hydrogen-bond acceptors (Lipinski definition) is 4. The van der Waals surface area contributed by atoms with Gasteiger partial charge < -0.3 is 11.5 Å². The van der Waals surface area contributed by atoms with Gasteiger partial charge in [-0.05, 0) is 23.3 Å². The molecule has 0 atom stereocenters. The molecule has 5 nitrogen and oxygen atoms in total. The Morgan fingerprint density at radius 2 is 1.64 bits per heavy atom. The fraction of sp³-hybridized carbons (Fsp3) is 0.0455. The van der Waals surface area contributed by atoms with E-state index in [0.29, 0.717) is 17.4 Å². The highest BCUT2D eigenvalue weighted by Crippen LogP contribution is 2.34. The van der Waals surface area contributed by atoms with Crippen LogP contribution in [-0.4, -0.2) is 15.9 Å².